The van der Waals surface area contributed by atoms with Gasteiger partial charge in [0.05, 0.1) is 38.9 Å². The molecule has 0 atom stereocenters. The summed E-state index contributed by atoms with van der Waals surface area (Å²) in [6.45, 7) is 4.74. The second kappa shape index (κ2) is 14.2. The molecule has 14 rings (SSSR count). The fraction of sp³-hybridized carbons (Fsp3) is 0.0476. The van der Waals surface area contributed by atoms with E-state index in [2.05, 4.69) is 236 Å². The normalized spacial score (nSPS) is 13.0. The lowest BCUT2D eigenvalue weighted by Crippen LogP contribution is -2.20. The van der Waals surface area contributed by atoms with Crippen LogP contribution < -0.4 is 4.90 Å². The van der Waals surface area contributed by atoms with Crippen molar-refractivity contribution in [1.82, 2.24) is 4.57 Å². The van der Waals surface area contributed by atoms with Crippen LogP contribution >= 0.6 is 0 Å². The van der Waals surface area contributed by atoms with Gasteiger partial charge in [0, 0.05) is 38.2 Å². The Labute approximate surface area is 387 Å². The molecule has 316 valence electrons. The van der Waals surface area contributed by atoms with Crippen molar-refractivity contribution in [1.29, 1.82) is 0 Å². The topological polar surface area (TPSA) is 34.5 Å². The summed E-state index contributed by atoms with van der Waals surface area (Å²) in [6, 6.07) is 78.8. The van der Waals surface area contributed by atoms with Gasteiger partial charge in [0.1, 0.15) is 22.3 Å². The Hall–Kier alpha value is -8.60. The fourth-order valence-electron chi connectivity index (χ4n) is 11.5. The third-order valence-electron chi connectivity index (χ3n) is 14.4. The second-order valence-electron chi connectivity index (χ2n) is 18.4. The van der Waals surface area contributed by atoms with Crippen LogP contribution in [0, 0.1) is 0 Å². The summed E-state index contributed by atoms with van der Waals surface area (Å²) in [7, 11) is 0. The van der Waals surface area contributed by atoms with Gasteiger partial charge in [-0.2, -0.15) is 0 Å². The number of anilines is 3. The van der Waals surface area contributed by atoms with Crippen molar-refractivity contribution in [2.24, 2.45) is 0 Å². The Kier molecular flexibility index (Phi) is 8.00. The summed E-state index contributed by atoms with van der Waals surface area (Å²) in [5, 5.41) is 6.74. The van der Waals surface area contributed by atoms with Crippen LogP contribution in [0.4, 0.5) is 17.1 Å². The van der Waals surface area contributed by atoms with Crippen LogP contribution in [0.15, 0.2) is 227 Å². The average Bonchev–Trinajstić information content (AvgIpc) is 4.11. The summed E-state index contributed by atoms with van der Waals surface area (Å²) in [5.74, 6) is 0. The molecule has 0 aliphatic heterocycles. The molecule has 10 aromatic carbocycles. The van der Waals surface area contributed by atoms with E-state index in [-0.39, 0.29) is 5.41 Å². The summed E-state index contributed by atoms with van der Waals surface area (Å²) in [5.41, 5.74) is 19.7. The number of fused-ring (bicyclic) bond motifs is 12. The Morgan fingerprint density at radius 2 is 1.00 bits per heavy atom. The third-order valence-corrected chi connectivity index (χ3v) is 14.4. The highest BCUT2D eigenvalue weighted by Gasteiger charge is 2.39. The van der Waals surface area contributed by atoms with Gasteiger partial charge >= 0.3 is 0 Å². The summed E-state index contributed by atoms with van der Waals surface area (Å²) in [6.07, 6.45) is 0. The van der Waals surface area contributed by atoms with E-state index in [1.807, 2.05) is 6.07 Å². The number of furan rings is 2. The Balaban J connectivity index is 1.02. The van der Waals surface area contributed by atoms with E-state index in [1.165, 1.54) is 44.2 Å². The molecule has 4 nitrogen and oxygen atoms in total. The fourth-order valence-corrected chi connectivity index (χ4v) is 11.5. The molecule has 3 aromatic heterocycles. The molecule has 0 radical (unpaired) electrons. The van der Waals surface area contributed by atoms with Crippen molar-refractivity contribution >= 4 is 82.7 Å². The van der Waals surface area contributed by atoms with E-state index < -0.39 is 0 Å². The molecule has 0 spiro atoms. The molecule has 0 fully saturated rings. The van der Waals surface area contributed by atoms with Crippen molar-refractivity contribution in [3.8, 4) is 39.1 Å². The van der Waals surface area contributed by atoms with E-state index in [4.69, 9.17) is 8.83 Å². The van der Waals surface area contributed by atoms with Crippen LogP contribution in [0.1, 0.15) is 25.0 Å². The number of benzene rings is 10. The van der Waals surface area contributed by atoms with Crippen LogP contribution in [0.5, 0.6) is 0 Å². The predicted molar refractivity (Wildman–Crippen MR) is 278 cm³/mol. The van der Waals surface area contributed by atoms with Crippen molar-refractivity contribution < 1.29 is 8.83 Å². The number of nitrogens with zero attached hydrogens (tertiary/aromatic N) is 2. The minimum atomic E-state index is -0.242. The van der Waals surface area contributed by atoms with Gasteiger partial charge in [-0.15, -0.1) is 0 Å². The predicted octanol–water partition coefficient (Wildman–Crippen LogP) is 17.7. The summed E-state index contributed by atoms with van der Waals surface area (Å²) >= 11 is 0. The van der Waals surface area contributed by atoms with Crippen molar-refractivity contribution in [2.45, 2.75) is 19.3 Å². The molecule has 0 saturated heterocycles. The largest absolute Gasteiger partial charge is 0.456 e. The maximum absolute atomic E-state index is 6.83. The molecule has 13 aromatic rings. The maximum atomic E-state index is 6.83. The minimum Gasteiger partial charge on any atom is -0.456 e. The van der Waals surface area contributed by atoms with E-state index >= 15 is 0 Å². The number of para-hydroxylation sites is 3. The molecule has 0 amide bonds. The van der Waals surface area contributed by atoms with E-state index in [0.29, 0.717) is 0 Å². The SMILES string of the molecule is CC1(C)c2ccccc2-c2cccc(N(c3ccc(-c4ccccc4)cc3)c3cccc4oc5ccc(-c6cccc7c8ccccc8n(-c8cccc9oc%10ccccc%10c89)c67)cc5c34)c21. The first-order valence-electron chi connectivity index (χ1n) is 23.1. The molecule has 0 bridgehead atoms. The molecule has 0 unspecified atom stereocenters. The zero-order chi connectivity index (χ0) is 44.4. The van der Waals surface area contributed by atoms with E-state index in [9.17, 15) is 0 Å². The lowest BCUT2D eigenvalue weighted by molar-refractivity contribution is 0.661. The molecular formula is C63H42N2O2. The molecule has 0 N–H and O–H groups in total. The zero-order valence-corrected chi connectivity index (χ0v) is 37.0. The molecule has 1 aliphatic rings. The average molecular weight is 859 g/mol. The van der Waals surface area contributed by atoms with Crippen LogP contribution in [0.25, 0.3) is 105 Å². The van der Waals surface area contributed by atoms with Crippen molar-refractivity contribution in [3.63, 3.8) is 0 Å². The van der Waals surface area contributed by atoms with Gasteiger partial charge in [-0.25, -0.2) is 0 Å². The van der Waals surface area contributed by atoms with Crippen molar-refractivity contribution in [3.05, 3.63) is 230 Å². The summed E-state index contributed by atoms with van der Waals surface area (Å²) in [4.78, 5) is 2.47. The first-order valence-corrected chi connectivity index (χ1v) is 23.1. The lowest BCUT2D eigenvalue weighted by atomic mass is 9.81. The molecule has 1 aliphatic carbocycles. The first kappa shape index (κ1) is 37.7. The minimum absolute atomic E-state index is 0.242. The molecule has 0 saturated carbocycles. The van der Waals surface area contributed by atoms with Gasteiger partial charge in [-0.1, -0.05) is 166 Å². The number of hydrogen-bond donors (Lipinski definition) is 0. The van der Waals surface area contributed by atoms with Gasteiger partial charge in [0.25, 0.3) is 0 Å². The molecular weight excluding hydrogens is 817 g/mol. The van der Waals surface area contributed by atoms with Gasteiger partial charge in [-0.05, 0) is 106 Å². The molecule has 3 heterocycles. The van der Waals surface area contributed by atoms with Crippen LogP contribution in [0.3, 0.4) is 0 Å². The second-order valence-corrected chi connectivity index (χ2v) is 18.4. The van der Waals surface area contributed by atoms with Crippen LogP contribution in [-0.2, 0) is 5.41 Å². The van der Waals surface area contributed by atoms with E-state index in [0.717, 1.165) is 88.8 Å². The Bertz CT molecular complexity index is 4130. The van der Waals surface area contributed by atoms with Gasteiger partial charge in [-0.3, -0.25) is 0 Å². The molecule has 4 heteroatoms. The monoisotopic (exact) mass is 858 g/mol. The molecule has 67 heavy (non-hydrogen) atoms. The standard InChI is InChI=1S/C63H42N2O2/c1-63(2)50-24-9-6-18-44(50)46-22-13-28-54(61(46)63)64(42-35-32-40(33-36-42)39-16-4-3-5-17-39)52-26-14-31-58-60(52)49-38-41(34-37-56(49)67-58)43-21-12-23-47-45-19-7-10-25-51(45)65(62(43)47)53-27-15-30-57-59(53)48-20-8-11-29-55(48)66-57/h3-38H,1-2H3. The van der Waals surface area contributed by atoms with E-state index in [1.54, 1.807) is 0 Å². The highest BCUT2D eigenvalue weighted by atomic mass is 16.3. The quantitative estimate of drug-likeness (QED) is 0.167. The van der Waals surface area contributed by atoms with Gasteiger partial charge in [0.15, 0.2) is 0 Å². The highest BCUT2D eigenvalue weighted by molar-refractivity contribution is 6.19. The Morgan fingerprint density at radius 3 is 1.87 bits per heavy atom. The van der Waals surface area contributed by atoms with Crippen LogP contribution in [-0.4, -0.2) is 4.57 Å². The van der Waals surface area contributed by atoms with Crippen molar-refractivity contribution in [2.75, 3.05) is 4.90 Å². The third kappa shape index (κ3) is 5.47. The zero-order valence-electron chi connectivity index (χ0n) is 37.0. The van der Waals surface area contributed by atoms with Gasteiger partial charge in [0.2, 0.25) is 0 Å². The Morgan fingerprint density at radius 1 is 0.403 bits per heavy atom. The van der Waals surface area contributed by atoms with Crippen LogP contribution in [0.2, 0.25) is 0 Å². The first-order chi connectivity index (χ1) is 33.0. The number of rotatable bonds is 6. The number of hydrogen-bond acceptors (Lipinski definition) is 3. The maximum Gasteiger partial charge on any atom is 0.137 e. The number of aromatic nitrogens is 1. The lowest BCUT2D eigenvalue weighted by Gasteiger charge is -2.32. The smallest absolute Gasteiger partial charge is 0.137 e. The van der Waals surface area contributed by atoms with Gasteiger partial charge < -0.3 is 18.3 Å². The summed E-state index contributed by atoms with van der Waals surface area (Å²) < 4.78 is 15.7. The highest BCUT2D eigenvalue weighted by Crippen LogP contribution is 2.55.